The van der Waals surface area contributed by atoms with E-state index in [9.17, 15) is 4.79 Å². The number of nitrogens with zero attached hydrogens (tertiary/aromatic N) is 2. The van der Waals surface area contributed by atoms with E-state index >= 15 is 0 Å². The molecule has 0 bridgehead atoms. The van der Waals surface area contributed by atoms with Crippen molar-refractivity contribution in [2.45, 2.75) is 39.0 Å². The number of aromatic nitrogens is 2. The van der Waals surface area contributed by atoms with Crippen LogP contribution in [0.25, 0.3) is 0 Å². The zero-order valence-electron chi connectivity index (χ0n) is 11.2. The van der Waals surface area contributed by atoms with Crippen molar-refractivity contribution in [3.05, 3.63) is 16.7 Å². The fourth-order valence-electron chi connectivity index (χ4n) is 2.30. The van der Waals surface area contributed by atoms with E-state index in [0.29, 0.717) is 18.2 Å². The second-order valence-electron chi connectivity index (χ2n) is 4.21. The van der Waals surface area contributed by atoms with E-state index in [1.165, 1.54) is 6.33 Å². The number of aromatic amines is 1. The van der Waals surface area contributed by atoms with Gasteiger partial charge < -0.3 is 25.0 Å². The van der Waals surface area contributed by atoms with Crippen LogP contribution in [0.15, 0.2) is 11.1 Å². The van der Waals surface area contributed by atoms with Gasteiger partial charge in [-0.1, -0.05) is 13.8 Å². The Hall–Kier alpha value is -1.60. The molecule has 2 atom stereocenters. The summed E-state index contributed by atoms with van der Waals surface area (Å²) >= 11 is 0. The average molecular weight is 268 g/mol. The van der Waals surface area contributed by atoms with Crippen molar-refractivity contribution in [1.82, 2.24) is 9.97 Å². The molecule has 0 spiro atoms. The number of hydrogen-bond acceptors (Lipinski definition) is 6. The molecule has 3 rings (SSSR count). The van der Waals surface area contributed by atoms with E-state index in [1.54, 1.807) is 0 Å². The molecule has 0 aliphatic carbocycles. The lowest BCUT2D eigenvalue weighted by molar-refractivity contribution is 0.0115. The highest BCUT2D eigenvalue weighted by Gasteiger charge is 2.34. The third-order valence-corrected chi connectivity index (χ3v) is 3.17. The zero-order valence-corrected chi connectivity index (χ0v) is 11.2. The molecule has 3 N–H and O–H groups in total. The maximum Gasteiger partial charge on any atom is 0.276 e. The lowest BCUT2D eigenvalue weighted by Gasteiger charge is -2.24. The molecule has 0 saturated carbocycles. The maximum absolute atomic E-state index is 11.5. The lowest BCUT2D eigenvalue weighted by atomic mass is 10.2. The normalized spacial score (nSPS) is 24.5. The molecule has 1 aromatic rings. The highest BCUT2D eigenvalue weighted by atomic mass is 16.5. The van der Waals surface area contributed by atoms with Gasteiger partial charge in [0.05, 0.1) is 25.7 Å². The Morgan fingerprint density at radius 2 is 2.32 bits per heavy atom. The first-order valence-corrected chi connectivity index (χ1v) is 6.64. The molecule has 0 aromatic carbocycles. The van der Waals surface area contributed by atoms with Crippen LogP contribution in [0.4, 0.5) is 11.5 Å². The molecule has 0 radical (unpaired) electrons. The van der Waals surface area contributed by atoms with E-state index in [0.717, 1.165) is 12.8 Å². The van der Waals surface area contributed by atoms with Crippen molar-refractivity contribution in [3.63, 3.8) is 0 Å². The second-order valence-corrected chi connectivity index (χ2v) is 4.21. The molecule has 106 valence electrons. The van der Waals surface area contributed by atoms with Gasteiger partial charge in [0.15, 0.2) is 5.82 Å². The summed E-state index contributed by atoms with van der Waals surface area (Å²) in [5, 5.41) is 12.0. The molecule has 2 aliphatic heterocycles. The van der Waals surface area contributed by atoms with Crippen molar-refractivity contribution >= 4 is 11.5 Å². The summed E-state index contributed by atoms with van der Waals surface area (Å²) in [5.74, 6) is 0.623. The van der Waals surface area contributed by atoms with Gasteiger partial charge in [-0.3, -0.25) is 4.79 Å². The number of aliphatic hydroxyl groups excluding tert-OH is 1. The van der Waals surface area contributed by atoms with Crippen LogP contribution in [-0.4, -0.2) is 40.7 Å². The monoisotopic (exact) mass is 268 g/mol. The van der Waals surface area contributed by atoms with Crippen LogP contribution in [0.5, 0.6) is 0 Å². The summed E-state index contributed by atoms with van der Waals surface area (Å²) in [4.78, 5) is 20.1. The molecule has 1 saturated heterocycles. The fraction of sp³-hybridized carbons (Fsp3) is 0.667. The van der Waals surface area contributed by atoms with Crippen LogP contribution >= 0.6 is 0 Å². The van der Waals surface area contributed by atoms with E-state index in [-0.39, 0.29) is 24.5 Å². The van der Waals surface area contributed by atoms with Crippen molar-refractivity contribution in [2.75, 3.05) is 23.5 Å². The number of H-pyrrole nitrogens is 1. The number of fused-ring (bicyclic) bond motifs is 1. The largest absolute Gasteiger partial charge is 0.394 e. The first-order chi connectivity index (χ1) is 9.29. The predicted molar refractivity (Wildman–Crippen MR) is 72.2 cm³/mol. The molecule has 1 fully saturated rings. The Bertz CT molecular complexity index is 476. The highest BCUT2D eigenvalue weighted by molar-refractivity contribution is 5.69. The van der Waals surface area contributed by atoms with Gasteiger partial charge in [-0.2, -0.15) is 0 Å². The van der Waals surface area contributed by atoms with E-state index in [2.05, 4.69) is 15.3 Å². The van der Waals surface area contributed by atoms with Crippen molar-refractivity contribution in [1.29, 1.82) is 0 Å². The molecule has 3 heterocycles. The Kier molecular flexibility index (Phi) is 4.39. The minimum atomic E-state index is -0.172. The summed E-state index contributed by atoms with van der Waals surface area (Å²) in [6.45, 7) is 4.55. The molecule has 1 aromatic heterocycles. The quantitative estimate of drug-likeness (QED) is 0.723. The lowest BCUT2D eigenvalue weighted by Crippen LogP contribution is -2.35. The minimum Gasteiger partial charge on any atom is -0.394 e. The molecule has 2 aliphatic rings. The van der Waals surface area contributed by atoms with Gasteiger partial charge in [0.1, 0.15) is 11.9 Å². The van der Waals surface area contributed by atoms with Crippen LogP contribution in [-0.2, 0) is 4.74 Å². The number of ether oxygens (including phenoxy) is 1. The van der Waals surface area contributed by atoms with Gasteiger partial charge in [0, 0.05) is 0 Å². The van der Waals surface area contributed by atoms with Gasteiger partial charge in [-0.25, -0.2) is 4.98 Å². The Labute approximate surface area is 111 Å². The zero-order chi connectivity index (χ0) is 13.8. The Morgan fingerprint density at radius 1 is 1.53 bits per heavy atom. The minimum absolute atomic E-state index is 0.0351. The van der Waals surface area contributed by atoms with Gasteiger partial charge in [-0.05, 0) is 12.8 Å². The first-order valence-electron chi connectivity index (χ1n) is 6.64. The van der Waals surface area contributed by atoms with Crippen LogP contribution < -0.4 is 15.8 Å². The summed E-state index contributed by atoms with van der Waals surface area (Å²) < 4.78 is 5.67. The number of hydrogen-bond donors (Lipinski definition) is 3. The van der Waals surface area contributed by atoms with Gasteiger partial charge in [0.25, 0.3) is 5.56 Å². The second kappa shape index (κ2) is 6.03. The van der Waals surface area contributed by atoms with Crippen LogP contribution in [0.3, 0.4) is 0 Å². The first kappa shape index (κ1) is 13.8. The fourth-order valence-corrected chi connectivity index (χ4v) is 2.30. The molecule has 0 amide bonds. The van der Waals surface area contributed by atoms with E-state index in [4.69, 9.17) is 9.84 Å². The van der Waals surface area contributed by atoms with Gasteiger partial charge >= 0.3 is 0 Å². The van der Waals surface area contributed by atoms with Crippen LogP contribution in [0.2, 0.25) is 0 Å². The standard InChI is InChI=1S/C10H14N4O3.C2H6/c15-3-6-1-2-7(17-6)14-5-13-8-9(14)11-4-12-10(8)16;1-2/h4,6-7,13,15H,1-3,5H2,(H,11,12,16);1-2H3. The van der Waals surface area contributed by atoms with E-state index < -0.39 is 0 Å². The van der Waals surface area contributed by atoms with Crippen molar-refractivity contribution in [3.8, 4) is 0 Å². The maximum atomic E-state index is 11.5. The molecular formula is C12H20N4O3. The third-order valence-electron chi connectivity index (χ3n) is 3.17. The Balaban J connectivity index is 0.000000637. The van der Waals surface area contributed by atoms with Crippen molar-refractivity contribution in [2.24, 2.45) is 0 Å². The van der Waals surface area contributed by atoms with Crippen LogP contribution in [0, 0.1) is 0 Å². The third kappa shape index (κ3) is 2.57. The number of rotatable bonds is 2. The molecule has 7 nitrogen and oxygen atoms in total. The molecule has 2 unspecified atom stereocenters. The SMILES string of the molecule is CC.O=c1[nH]cnc2c1NCN2C1CCC(CO)O1. The summed E-state index contributed by atoms with van der Waals surface area (Å²) in [5.41, 5.74) is 0.317. The average Bonchev–Trinajstić information content (AvgIpc) is 3.07. The number of nitrogens with one attached hydrogen (secondary N) is 2. The number of anilines is 2. The summed E-state index contributed by atoms with van der Waals surface area (Å²) in [7, 11) is 0. The summed E-state index contributed by atoms with van der Waals surface area (Å²) in [6, 6.07) is 0. The number of aliphatic hydroxyl groups is 1. The smallest absolute Gasteiger partial charge is 0.276 e. The molecule has 7 heteroatoms. The topological polar surface area (TPSA) is 90.5 Å². The highest BCUT2D eigenvalue weighted by Crippen LogP contribution is 2.31. The summed E-state index contributed by atoms with van der Waals surface area (Å²) in [6.07, 6.45) is 2.83. The van der Waals surface area contributed by atoms with Gasteiger partial charge in [-0.15, -0.1) is 0 Å². The molecular weight excluding hydrogens is 248 g/mol. The van der Waals surface area contributed by atoms with Crippen molar-refractivity contribution < 1.29 is 9.84 Å². The van der Waals surface area contributed by atoms with Gasteiger partial charge in [0.2, 0.25) is 0 Å². The molecule has 19 heavy (non-hydrogen) atoms. The predicted octanol–water partition coefficient (Wildman–Crippen LogP) is 0.483. The Morgan fingerprint density at radius 3 is 3.00 bits per heavy atom. The van der Waals surface area contributed by atoms with Crippen LogP contribution in [0.1, 0.15) is 26.7 Å². The van der Waals surface area contributed by atoms with E-state index in [1.807, 2.05) is 18.7 Å².